The van der Waals surface area contributed by atoms with Gasteiger partial charge in [-0.2, -0.15) is 4.37 Å². The van der Waals surface area contributed by atoms with Crippen molar-refractivity contribution in [1.82, 2.24) is 4.37 Å². The van der Waals surface area contributed by atoms with Gasteiger partial charge in [0.05, 0.1) is 13.7 Å². The lowest BCUT2D eigenvalue weighted by Gasteiger charge is -2.11. The summed E-state index contributed by atoms with van der Waals surface area (Å²) in [5.41, 5.74) is 4.85. The highest BCUT2D eigenvalue weighted by molar-refractivity contribution is 7.10. The molecule has 0 atom stereocenters. The van der Waals surface area contributed by atoms with E-state index in [1.807, 2.05) is 32.0 Å². The molecule has 1 N–H and O–H groups in total. The van der Waals surface area contributed by atoms with Crippen LogP contribution in [0.4, 0.5) is 9.39 Å². The largest absolute Gasteiger partial charge is 0.490 e. The average molecular weight is 443 g/mol. The molecule has 2 aromatic carbocycles. The fourth-order valence-corrected chi connectivity index (χ4v) is 4.22. The van der Waals surface area contributed by atoms with E-state index in [4.69, 9.17) is 14.2 Å². The summed E-state index contributed by atoms with van der Waals surface area (Å²) in [7, 11) is 1.30. The number of halogens is 1. The predicted molar refractivity (Wildman–Crippen MR) is 117 cm³/mol. The molecule has 162 valence electrons. The Morgan fingerprint density at radius 2 is 2.06 bits per heavy atom. The van der Waals surface area contributed by atoms with E-state index < -0.39 is 11.8 Å². The molecule has 31 heavy (non-hydrogen) atoms. The van der Waals surface area contributed by atoms with Crippen LogP contribution in [0.5, 0.6) is 11.6 Å². The maximum absolute atomic E-state index is 14.7. The topological polar surface area (TPSA) is 69.7 Å². The van der Waals surface area contributed by atoms with Crippen molar-refractivity contribution < 1.29 is 23.4 Å². The zero-order valence-electron chi connectivity index (χ0n) is 17.6. The Bertz CT molecular complexity index is 1130. The first-order valence-corrected chi connectivity index (χ1v) is 10.7. The summed E-state index contributed by atoms with van der Waals surface area (Å²) >= 11 is 1.10. The number of methoxy groups -OCH3 is 1. The van der Waals surface area contributed by atoms with Gasteiger partial charge in [0, 0.05) is 24.1 Å². The summed E-state index contributed by atoms with van der Waals surface area (Å²) in [5.74, 6) is -0.605. The molecule has 0 radical (unpaired) electrons. The molecule has 4 rings (SSSR count). The molecule has 6 nitrogen and oxygen atoms in total. The fraction of sp³-hybridized carbons (Fsp3) is 0.304. The first-order chi connectivity index (χ1) is 15.0. The summed E-state index contributed by atoms with van der Waals surface area (Å²) in [6.07, 6.45) is 0.696. The lowest BCUT2D eigenvalue weighted by atomic mass is 10.1. The number of hydrogen-bond acceptors (Lipinski definition) is 7. The van der Waals surface area contributed by atoms with Crippen molar-refractivity contribution in [2.45, 2.75) is 33.4 Å². The number of hydrogen-bond donors (Lipinski definition) is 1. The van der Waals surface area contributed by atoms with Crippen molar-refractivity contribution in [2.75, 3.05) is 19.0 Å². The molecule has 1 aliphatic rings. The predicted octanol–water partition coefficient (Wildman–Crippen LogP) is 4.81. The van der Waals surface area contributed by atoms with Crippen LogP contribution >= 0.6 is 11.5 Å². The fourth-order valence-electron chi connectivity index (χ4n) is 3.51. The van der Waals surface area contributed by atoms with Crippen molar-refractivity contribution in [3.63, 3.8) is 0 Å². The molecular weight excluding hydrogens is 419 g/mol. The maximum Gasteiger partial charge on any atom is 0.346 e. The molecule has 2 heterocycles. The van der Waals surface area contributed by atoms with Gasteiger partial charge in [-0.1, -0.05) is 35.9 Å². The smallest absolute Gasteiger partial charge is 0.346 e. The number of esters is 1. The van der Waals surface area contributed by atoms with Gasteiger partial charge in [0.2, 0.25) is 5.88 Å². The van der Waals surface area contributed by atoms with Crippen LogP contribution in [-0.4, -0.2) is 24.1 Å². The molecule has 0 amide bonds. The Kier molecular flexibility index (Phi) is 6.08. The average Bonchev–Trinajstić information content (AvgIpc) is 3.39. The second-order valence-corrected chi connectivity index (χ2v) is 8.15. The highest BCUT2D eigenvalue weighted by Crippen LogP contribution is 2.34. The number of rotatable bonds is 7. The highest BCUT2D eigenvalue weighted by atomic mass is 32.1. The summed E-state index contributed by atoms with van der Waals surface area (Å²) in [4.78, 5) is 12.4. The monoisotopic (exact) mass is 442 g/mol. The van der Waals surface area contributed by atoms with E-state index in [1.54, 1.807) is 6.07 Å². The standard InChI is InChI=1S/C23H23FN2O4S/c1-13-4-5-16(14(2)10-13)11-25-22-18(23(27)28-3)21(26-31-22)30-12-17-7-6-15-8-9-29-20(15)19(17)24/h4-7,10,25H,8-9,11-12H2,1-3H3. The Morgan fingerprint density at radius 1 is 1.26 bits per heavy atom. The molecule has 0 unspecified atom stereocenters. The second kappa shape index (κ2) is 8.93. The van der Waals surface area contributed by atoms with Gasteiger partial charge in [-0.15, -0.1) is 0 Å². The van der Waals surface area contributed by atoms with Crippen LogP contribution in [0.2, 0.25) is 0 Å². The number of aromatic nitrogens is 1. The molecule has 0 spiro atoms. The van der Waals surface area contributed by atoms with Gasteiger partial charge in [0.15, 0.2) is 17.1 Å². The third kappa shape index (κ3) is 4.34. The number of nitrogens with one attached hydrogen (secondary N) is 1. The van der Waals surface area contributed by atoms with Crippen molar-refractivity contribution >= 4 is 22.5 Å². The molecule has 0 saturated heterocycles. The van der Waals surface area contributed by atoms with Gasteiger partial charge in [0.25, 0.3) is 0 Å². The minimum atomic E-state index is -0.565. The Morgan fingerprint density at radius 3 is 2.84 bits per heavy atom. The number of carbonyl (C=O) groups excluding carboxylic acids is 1. The van der Waals surface area contributed by atoms with Crippen LogP contribution in [-0.2, 0) is 24.3 Å². The molecule has 0 bridgehead atoms. The Labute approximate surface area is 184 Å². The molecule has 1 aliphatic heterocycles. The summed E-state index contributed by atoms with van der Waals surface area (Å²) in [6.45, 7) is 5.01. The molecule has 8 heteroatoms. The minimum Gasteiger partial charge on any atom is -0.490 e. The molecule has 1 aromatic heterocycles. The van der Waals surface area contributed by atoms with Gasteiger partial charge >= 0.3 is 5.97 Å². The number of benzene rings is 2. The number of aryl methyl sites for hydroxylation is 2. The van der Waals surface area contributed by atoms with E-state index in [0.29, 0.717) is 30.1 Å². The molecule has 3 aromatic rings. The van der Waals surface area contributed by atoms with Crippen LogP contribution < -0.4 is 14.8 Å². The van der Waals surface area contributed by atoms with E-state index in [1.165, 1.54) is 12.7 Å². The lowest BCUT2D eigenvalue weighted by molar-refractivity contribution is 0.0596. The van der Waals surface area contributed by atoms with Crippen LogP contribution in [0.25, 0.3) is 0 Å². The molecule has 0 fully saturated rings. The third-order valence-electron chi connectivity index (χ3n) is 5.23. The summed E-state index contributed by atoms with van der Waals surface area (Å²) in [6, 6.07) is 9.71. The van der Waals surface area contributed by atoms with Crippen molar-refractivity contribution in [1.29, 1.82) is 0 Å². The van der Waals surface area contributed by atoms with E-state index in [-0.39, 0.29) is 23.8 Å². The number of ether oxygens (including phenoxy) is 3. The zero-order chi connectivity index (χ0) is 22.0. The van der Waals surface area contributed by atoms with Gasteiger partial charge < -0.3 is 19.5 Å². The zero-order valence-corrected chi connectivity index (χ0v) is 18.4. The van der Waals surface area contributed by atoms with E-state index >= 15 is 0 Å². The van der Waals surface area contributed by atoms with Crippen molar-refractivity contribution in [2.24, 2.45) is 0 Å². The quantitative estimate of drug-likeness (QED) is 0.530. The first kappa shape index (κ1) is 21.1. The number of anilines is 1. The van der Waals surface area contributed by atoms with Crippen LogP contribution in [0.1, 0.15) is 38.2 Å². The Balaban J connectivity index is 1.52. The van der Waals surface area contributed by atoms with E-state index in [0.717, 1.165) is 28.2 Å². The molecule has 0 saturated carbocycles. The third-order valence-corrected chi connectivity index (χ3v) is 6.02. The number of fused-ring (bicyclic) bond motifs is 1. The van der Waals surface area contributed by atoms with E-state index in [2.05, 4.69) is 15.8 Å². The maximum atomic E-state index is 14.7. The minimum absolute atomic E-state index is 0.0767. The van der Waals surface area contributed by atoms with Crippen LogP contribution in [0.3, 0.4) is 0 Å². The second-order valence-electron chi connectivity index (χ2n) is 7.38. The molecule has 0 aliphatic carbocycles. The van der Waals surface area contributed by atoms with Crippen molar-refractivity contribution in [3.05, 3.63) is 69.5 Å². The Hall–Kier alpha value is -3.13. The SMILES string of the molecule is COC(=O)c1c(OCc2ccc3c(c2F)OCC3)nsc1NCc1ccc(C)cc1C. The van der Waals surface area contributed by atoms with Crippen LogP contribution in [0.15, 0.2) is 30.3 Å². The number of nitrogens with zero attached hydrogens (tertiary/aromatic N) is 1. The highest BCUT2D eigenvalue weighted by Gasteiger charge is 2.25. The van der Waals surface area contributed by atoms with Gasteiger partial charge in [0.1, 0.15) is 11.6 Å². The van der Waals surface area contributed by atoms with Gasteiger partial charge in [-0.05, 0) is 36.5 Å². The number of carbonyl (C=O) groups is 1. The van der Waals surface area contributed by atoms with E-state index in [9.17, 15) is 9.18 Å². The lowest BCUT2D eigenvalue weighted by Crippen LogP contribution is -2.09. The van der Waals surface area contributed by atoms with Crippen molar-refractivity contribution in [3.8, 4) is 11.6 Å². The van der Waals surface area contributed by atoms with Gasteiger partial charge in [-0.3, -0.25) is 0 Å². The summed E-state index contributed by atoms with van der Waals surface area (Å²) in [5, 5.41) is 3.79. The summed E-state index contributed by atoms with van der Waals surface area (Å²) < 4.78 is 34.9. The van der Waals surface area contributed by atoms with Gasteiger partial charge in [-0.25, -0.2) is 9.18 Å². The van der Waals surface area contributed by atoms with Crippen LogP contribution in [0, 0.1) is 19.7 Å². The first-order valence-electron chi connectivity index (χ1n) is 9.91. The normalized spacial score (nSPS) is 12.3. The molecular formula is C23H23FN2O4S.